The molecule has 0 amide bonds. The lowest BCUT2D eigenvalue weighted by Crippen LogP contribution is -2.26. The molecule has 1 heterocycles. The van der Waals surface area contributed by atoms with Gasteiger partial charge in [-0.2, -0.15) is 0 Å². The summed E-state index contributed by atoms with van der Waals surface area (Å²) in [6.07, 6.45) is 2.74. The minimum absolute atomic E-state index is 0.233. The maximum absolute atomic E-state index is 5.44. The second-order valence-electron chi connectivity index (χ2n) is 5.47. The van der Waals surface area contributed by atoms with Gasteiger partial charge in [-0.15, -0.1) is 0 Å². The first-order valence-electron chi connectivity index (χ1n) is 7.33. The van der Waals surface area contributed by atoms with Crippen LogP contribution in [-0.4, -0.2) is 0 Å². The zero-order valence-corrected chi connectivity index (χ0v) is 11.8. The van der Waals surface area contributed by atoms with Crippen LogP contribution in [0.3, 0.4) is 0 Å². The van der Waals surface area contributed by atoms with E-state index in [1.807, 2.05) is 12.1 Å². The van der Waals surface area contributed by atoms with Crippen molar-refractivity contribution in [3.05, 3.63) is 94.9 Å². The lowest BCUT2D eigenvalue weighted by atomic mass is 9.82. The van der Waals surface area contributed by atoms with Gasteiger partial charge in [0, 0.05) is 0 Å². The Labute approximate surface area is 124 Å². The molecule has 0 fully saturated rings. The molecule has 21 heavy (non-hydrogen) atoms. The Morgan fingerprint density at radius 2 is 1.52 bits per heavy atom. The number of nitrogens with one attached hydrogen (secondary N) is 1. The summed E-state index contributed by atoms with van der Waals surface area (Å²) in [4.78, 5) is 0. The van der Waals surface area contributed by atoms with E-state index in [2.05, 4.69) is 53.8 Å². The van der Waals surface area contributed by atoms with Crippen molar-refractivity contribution in [1.82, 2.24) is 5.32 Å². The Hall–Kier alpha value is -2.32. The topological polar surface area (TPSA) is 25.2 Å². The van der Waals surface area contributed by atoms with Crippen LogP contribution in [0.4, 0.5) is 0 Å². The summed E-state index contributed by atoms with van der Waals surface area (Å²) in [5.41, 5.74) is 5.58. The highest BCUT2D eigenvalue weighted by molar-refractivity contribution is 5.48. The maximum atomic E-state index is 5.44. The summed E-state index contributed by atoms with van der Waals surface area (Å²) in [5, 5.41) is 3.64. The van der Waals surface area contributed by atoms with Gasteiger partial charge >= 0.3 is 0 Å². The number of hydrogen-bond acceptors (Lipinski definition) is 2. The molecule has 104 valence electrons. The zero-order chi connectivity index (χ0) is 14.1. The van der Waals surface area contributed by atoms with Crippen LogP contribution >= 0.6 is 0 Å². The van der Waals surface area contributed by atoms with Crippen LogP contribution in [0.25, 0.3) is 0 Å². The van der Waals surface area contributed by atoms with Crippen LogP contribution in [-0.2, 0) is 13.0 Å². The molecule has 0 saturated carbocycles. The summed E-state index contributed by atoms with van der Waals surface area (Å²) < 4.78 is 5.44. The van der Waals surface area contributed by atoms with Gasteiger partial charge < -0.3 is 4.42 Å². The summed E-state index contributed by atoms with van der Waals surface area (Å²) in [5.74, 6) is 0.968. The highest BCUT2D eigenvalue weighted by Gasteiger charge is 2.24. The monoisotopic (exact) mass is 275 g/mol. The SMILES string of the molecule is c1coc(CNC2c3ccccc3Cc3ccccc32)c1. The third-order valence-electron chi connectivity index (χ3n) is 4.17. The first-order valence-corrected chi connectivity index (χ1v) is 7.33. The fraction of sp³-hybridized carbons (Fsp3) is 0.158. The van der Waals surface area contributed by atoms with E-state index in [-0.39, 0.29) is 6.04 Å². The first kappa shape index (κ1) is 12.4. The van der Waals surface area contributed by atoms with Gasteiger partial charge in [0.2, 0.25) is 0 Å². The average Bonchev–Trinajstić information content (AvgIpc) is 3.05. The molecule has 1 aliphatic carbocycles. The van der Waals surface area contributed by atoms with Crippen LogP contribution in [0, 0.1) is 0 Å². The minimum Gasteiger partial charge on any atom is -0.468 e. The molecule has 0 saturated heterocycles. The zero-order valence-electron chi connectivity index (χ0n) is 11.8. The summed E-state index contributed by atoms with van der Waals surface area (Å²) in [7, 11) is 0. The van der Waals surface area contributed by atoms with Crippen molar-refractivity contribution in [3.63, 3.8) is 0 Å². The van der Waals surface area contributed by atoms with Crippen molar-refractivity contribution in [2.24, 2.45) is 0 Å². The van der Waals surface area contributed by atoms with Gasteiger partial charge in [-0.05, 0) is 40.8 Å². The lowest BCUT2D eigenvalue weighted by Gasteiger charge is -2.29. The Morgan fingerprint density at radius 1 is 0.857 bits per heavy atom. The molecule has 0 bridgehead atoms. The van der Waals surface area contributed by atoms with E-state index in [4.69, 9.17) is 4.42 Å². The third-order valence-corrected chi connectivity index (χ3v) is 4.17. The van der Waals surface area contributed by atoms with E-state index in [1.54, 1.807) is 6.26 Å². The summed E-state index contributed by atoms with van der Waals surface area (Å²) in [6.45, 7) is 0.736. The molecule has 1 aliphatic rings. The molecule has 2 aromatic carbocycles. The fourth-order valence-electron chi connectivity index (χ4n) is 3.16. The van der Waals surface area contributed by atoms with Gasteiger partial charge in [-0.25, -0.2) is 0 Å². The van der Waals surface area contributed by atoms with Gasteiger partial charge in [0.25, 0.3) is 0 Å². The van der Waals surface area contributed by atoms with Crippen molar-refractivity contribution in [1.29, 1.82) is 0 Å². The Morgan fingerprint density at radius 3 is 2.14 bits per heavy atom. The van der Waals surface area contributed by atoms with E-state index in [0.717, 1.165) is 18.7 Å². The van der Waals surface area contributed by atoms with Gasteiger partial charge in [0.15, 0.2) is 0 Å². The summed E-state index contributed by atoms with van der Waals surface area (Å²) in [6, 6.07) is 21.6. The lowest BCUT2D eigenvalue weighted by molar-refractivity contribution is 0.465. The second-order valence-corrected chi connectivity index (χ2v) is 5.47. The number of fused-ring (bicyclic) bond motifs is 2. The van der Waals surface area contributed by atoms with Crippen LogP contribution < -0.4 is 5.32 Å². The molecule has 1 N–H and O–H groups in total. The first-order chi connectivity index (χ1) is 10.4. The number of rotatable bonds is 3. The molecule has 0 aliphatic heterocycles. The highest BCUT2D eigenvalue weighted by atomic mass is 16.3. The van der Waals surface area contributed by atoms with Crippen molar-refractivity contribution >= 4 is 0 Å². The molecule has 2 heteroatoms. The fourth-order valence-corrected chi connectivity index (χ4v) is 3.16. The molecule has 3 aromatic rings. The molecule has 4 rings (SSSR count). The molecule has 0 unspecified atom stereocenters. The standard InChI is InChI=1S/C19H17NO/c1-3-9-17-14(6-1)12-15-7-2-4-10-18(15)19(17)20-13-16-8-5-11-21-16/h1-11,19-20H,12-13H2. The summed E-state index contributed by atoms with van der Waals surface area (Å²) >= 11 is 0. The van der Waals surface area contributed by atoms with E-state index in [1.165, 1.54) is 22.3 Å². The van der Waals surface area contributed by atoms with E-state index < -0.39 is 0 Å². The van der Waals surface area contributed by atoms with Gasteiger partial charge in [-0.3, -0.25) is 5.32 Å². The molecule has 1 aromatic heterocycles. The van der Waals surface area contributed by atoms with E-state index >= 15 is 0 Å². The normalized spacial score (nSPS) is 13.7. The Balaban J connectivity index is 1.71. The van der Waals surface area contributed by atoms with Crippen molar-refractivity contribution in [2.75, 3.05) is 0 Å². The second kappa shape index (κ2) is 5.23. The van der Waals surface area contributed by atoms with Gasteiger partial charge in [-0.1, -0.05) is 48.5 Å². The third kappa shape index (κ3) is 2.28. The number of hydrogen-bond donors (Lipinski definition) is 1. The molecular formula is C19H17NO. The van der Waals surface area contributed by atoms with Crippen molar-refractivity contribution in [3.8, 4) is 0 Å². The van der Waals surface area contributed by atoms with E-state index in [0.29, 0.717) is 0 Å². The predicted octanol–water partition coefficient (Wildman–Crippen LogP) is 4.06. The van der Waals surface area contributed by atoms with Crippen LogP contribution in [0.5, 0.6) is 0 Å². The van der Waals surface area contributed by atoms with E-state index in [9.17, 15) is 0 Å². The van der Waals surface area contributed by atoms with Crippen LogP contribution in [0.15, 0.2) is 71.3 Å². The minimum atomic E-state index is 0.233. The molecule has 0 atom stereocenters. The molecule has 0 spiro atoms. The van der Waals surface area contributed by atoms with Gasteiger partial charge in [0.05, 0.1) is 18.8 Å². The number of furan rings is 1. The Kier molecular flexibility index (Phi) is 3.09. The van der Waals surface area contributed by atoms with Crippen LogP contribution in [0.2, 0.25) is 0 Å². The Bertz CT molecular complexity index is 700. The van der Waals surface area contributed by atoms with Gasteiger partial charge in [0.1, 0.15) is 5.76 Å². The number of benzene rings is 2. The smallest absolute Gasteiger partial charge is 0.117 e. The molecular weight excluding hydrogens is 258 g/mol. The maximum Gasteiger partial charge on any atom is 0.117 e. The quantitative estimate of drug-likeness (QED) is 0.779. The largest absolute Gasteiger partial charge is 0.468 e. The molecule has 0 radical (unpaired) electrons. The highest BCUT2D eigenvalue weighted by Crippen LogP contribution is 2.34. The van der Waals surface area contributed by atoms with Crippen molar-refractivity contribution in [2.45, 2.75) is 19.0 Å². The predicted molar refractivity (Wildman–Crippen MR) is 83.1 cm³/mol. The molecule has 2 nitrogen and oxygen atoms in total. The average molecular weight is 275 g/mol. The van der Waals surface area contributed by atoms with Crippen molar-refractivity contribution < 1.29 is 4.42 Å². The van der Waals surface area contributed by atoms with Crippen LogP contribution in [0.1, 0.15) is 34.1 Å².